The number of para-hydroxylation sites is 1. The molecule has 1 heterocycles. The number of rotatable bonds is 6. The molecule has 9 heteroatoms. The van der Waals surface area contributed by atoms with Crippen LogP contribution in [-0.2, 0) is 20.7 Å². The van der Waals surface area contributed by atoms with E-state index in [1.807, 2.05) is 0 Å². The van der Waals surface area contributed by atoms with Crippen molar-refractivity contribution in [2.75, 3.05) is 0 Å². The summed E-state index contributed by atoms with van der Waals surface area (Å²) in [6.07, 6.45) is -0.294. The van der Waals surface area contributed by atoms with Gasteiger partial charge in [-0.2, -0.15) is 0 Å². The summed E-state index contributed by atoms with van der Waals surface area (Å²) in [7, 11) is 0. The Morgan fingerprint density at radius 3 is 2.59 bits per heavy atom. The normalized spacial score (nSPS) is 12.3. The topological polar surface area (TPSA) is 130 Å². The number of imide groups is 1. The third kappa shape index (κ3) is 7.02. The van der Waals surface area contributed by atoms with Crippen LogP contribution in [-0.4, -0.2) is 39.5 Å². The van der Waals surface area contributed by atoms with Crippen LogP contribution in [0.4, 0.5) is 4.79 Å². The van der Waals surface area contributed by atoms with Crippen molar-refractivity contribution in [2.24, 2.45) is 0 Å². The predicted octanol–water partition coefficient (Wildman–Crippen LogP) is 1.80. The SMILES string of the molecule is C[C@@H](OC(=O)CCCc1nc2ccccc2c(=O)[nH]1)C(=O)NC(=O)NC(C)(C)C. The van der Waals surface area contributed by atoms with Gasteiger partial charge in [-0.3, -0.25) is 19.7 Å². The fraction of sp³-hybridized carbons (Fsp3) is 0.450. The third-order valence-corrected chi connectivity index (χ3v) is 3.86. The minimum absolute atomic E-state index is 0.0440. The highest BCUT2D eigenvalue weighted by molar-refractivity contribution is 5.97. The van der Waals surface area contributed by atoms with Gasteiger partial charge in [0, 0.05) is 18.4 Å². The molecule has 2 rings (SSSR count). The minimum Gasteiger partial charge on any atom is -0.453 e. The second-order valence-corrected chi connectivity index (χ2v) is 7.71. The summed E-state index contributed by atoms with van der Waals surface area (Å²) >= 11 is 0. The number of carbonyl (C=O) groups is 3. The molecule has 156 valence electrons. The summed E-state index contributed by atoms with van der Waals surface area (Å²) < 4.78 is 5.05. The van der Waals surface area contributed by atoms with E-state index in [-0.39, 0.29) is 12.0 Å². The van der Waals surface area contributed by atoms with Crippen molar-refractivity contribution in [3.8, 4) is 0 Å². The Balaban J connectivity index is 1.80. The zero-order chi connectivity index (χ0) is 21.6. The zero-order valence-corrected chi connectivity index (χ0v) is 17.0. The van der Waals surface area contributed by atoms with Crippen molar-refractivity contribution >= 4 is 28.8 Å². The van der Waals surface area contributed by atoms with Gasteiger partial charge in [0.2, 0.25) is 0 Å². The molecule has 0 spiro atoms. The second kappa shape index (κ2) is 9.31. The van der Waals surface area contributed by atoms with E-state index in [1.54, 1.807) is 45.0 Å². The lowest BCUT2D eigenvalue weighted by Gasteiger charge is -2.21. The Labute approximate surface area is 168 Å². The Morgan fingerprint density at radius 1 is 1.21 bits per heavy atom. The van der Waals surface area contributed by atoms with Crippen molar-refractivity contribution in [3.63, 3.8) is 0 Å². The first-order valence-corrected chi connectivity index (χ1v) is 9.35. The van der Waals surface area contributed by atoms with Crippen molar-refractivity contribution in [1.82, 2.24) is 20.6 Å². The number of esters is 1. The first kappa shape index (κ1) is 22.1. The van der Waals surface area contributed by atoms with Crippen LogP contribution in [0, 0.1) is 0 Å². The third-order valence-electron chi connectivity index (χ3n) is 3.86. The summed E-state index contributed by atoms with van der Waals surface area (Å²) in [6, 6.07) is 6.34. The smallest absolute Gasteiger partial charge is 0.321 e. The lowest BCUT2D eigenvalue weighted by Crippen LogP contribution is -2.50. The van der Waals surface area contributed by atoms with Gasteiger partial charge < -0.3 is 15.0 Å². The van der Waals surface area contributed by atoms with Crippen LogP contribution >= 0.6 is 0 Å². The number of carbonyl (C=O) groups excluding carboxylic acids is 3. The first-order chi connectivity index (χ1) is 13.5. The molecule has 3 amide bonds. The molecule has 9 nitrogen and oxygen atoms in total. The number of nitrogens with one attached hydrogen (secondary N) is 3. The molecular weight excluding hydrogens is 376 g/mol. The minimum atomic E-state index is -1.10. The van der Waals surface area contributed by atoms with Gasteiger partial charge in [0.1, 0.15) is 5.82 Å². The van der Waals surface area contributed by atoms with Gasteiger partial charge in [0.15, 0.2) is 6.10 Å². The van der Waals surface area contributed by atoms with E-state index in [0.29, 0.717) is 29.6 Å². The van der Waals surface area contributed by atoms with Crippen molar-refractivity contribution in [3.05, 3.63) is 40.4 Å². The van der Waals surface area contributed by atoms with Crippen molar-refractivity contribution in [1.29, 1.82) is 0 Å². The predicted molar refractivity (Wildman–Crippen MR) is 107 cm³/mol. The van der Waals surface area contributed by atoms with E-state index in [2.05, 4.69) is 20.6 Å². The molecule has 0 bridgehead atoms. The molecule has 1 aromatic carbocycles. The number of hydrogen-bond donors (Lipinski definition) is 3. The van der Waals surface area contributed by atoms with Crippen molar-refractivity contribution < 1.29 is 19.1 Å². The van der Waals surface area contributed by atoms with Crippen LogP contribution in [0.5, 0.6) is 0 Å². The molecule has 0 radical (unpaired) electrons. The summed E-state index contributed by atoms with van der Waals surface area (Å²) in [5.41, 5.74) is -0.137. The zero-order valence-electron chi connectivity index (χ0n) is 17.0. The maximum atomic E-state index is 12.0. The van der Waals surface area contributed by atoms with Crippen LogP contribution in [0.1, 0.15) is 46.4 Å². The molecule has 3 N–H and O–H groups in total. The van der Waals surface area contributed by atoms with E-state index in [9.17, 15) is 19.2 Å². The van der Waals surface area contributed by atoms with Gasteiger partial charge in [-0.15, -0.1) is 0 Å². The number of benzene rings is 1. The lowest BCUT2D eigenvalue weighted by atomic mass is 10.1. The number of aromatic amines is 1. The number of aromatic nitrogens is 2. The number of ether oxygens (including phenoxy) is 1. The van der Waals surface area contributed by atoms with Gasteiger partial charge in [-0.1, -0.05) is 12.1 Å². The van der Waals surface area contributed by atoms with E-state index in [4.69, 9.17) is 4.74 Å². The number of amides is 3. The number of aryl methyl sites for hydroxylation is 1. The molecule has 29 heavy (non-hydrogen) atoms. The molecule has 1 atom stereocenters. The molecule has 1 aromatic heterocycles. The second-order valence-electron chi connectivity index (χ2n) is 7.71. The highest BCUT2D eigenvalue weighted by atomic mass is 16.5. The molecule has 0 aliphatic rings. The number of hydrogen-bond acceptors (Lipinski definition) is 6. The molecule has 0 aliphatic heterocycles. The molecular formula is C20H26N4O5. The Bertz CT molecular complexity index is 961. The maximum absolute atomic E-state index is 12.0. The van der Waals surface area contributed by atoms with Crippen LogP contribution in [0.15, 0.2) is 29.1 Å². The largest absolute Gasteiger partial charge is 0.453 e. The molecule has 0 unspecified atom stereocenters. The van der Waals surface area contributed by atoms with Gasteiger partial charge in [0.05, 0.1) is 10.9 Å². The molecule has 0 saturated carbocycles. The fourth-order valence-electron chi connectivity index (χ4n) is 2.55. The molecule has 2 aromatic rings. The Morgan fingerprint density at radius 2 is 1.90 bits per heavy atom. The van der Waals surface area contributed by atoms with E-state index >= 15 is 0 Å². The van der Waals surface area contributed by atoms with Crippen LogP contribution < -0.4 is 16.2 Å². The van der Waals surface area contributed by atoms with Gasteiger partial charge >= 0.3 is 12.0 Å². The molecule has 0 fully saturated rings. The van der Waals surface area contributed by atoms with Gasteiger partial charge in [0.25, 0.3) is 11.5 Å². The van der Waals surface area contributed by atoms with Gasteiger partial charge in [-0.25, -0.2) is 9.78 Å². The highest BCUT2D eigenvalue weighted by Crippen LogP contribution is 2.08. The summed E-state index contributed by atoms with van der Waals surface area (Å²) in [6.45, 7) is 6.72. The van der Waals surface area contributed by atoms with Gasteiger partial charge in [-0.05, 0) is 46.2 Å². The summed E-state index contributed by atoms with van der Waals surface area (Å²) in [5, 5.41) is 5.22. The first-order valence-electron chi connectivity index (χ1n) is 9.35. The number of urea groups is 1. The molecule has 0 aliphatic carbocycles. The Hall–Kier alpha value is -3.23. The van der Waals surface area contributed by atoms with E-state index < -0.39 is 29.6 Å². The maximum Gasteiger partial charge on any atom is 0.321 e. The van der Waals surface area contributed by atoms with E-state index in [1.165, 1.54) is 6.92 Å². The average molecular weight is 402 g/mol. The summed E-state index contributed by atoms with van der Waals surface area (Å²) in [4.78, 5) is 54.7. The van der Waals surface area contributed by atoms with Crippen LogP contribution in [0.3, 0.4) is 0 Å². The standard InChI is InChI=1S/C20H26N4O5/c1-12(17(26)23-19(28)24-20(2,3)4)29-16(25)11-7-10-15-21-14-9-6-5-8-13(14)18(27)22-15/h5-6,8-9,12H,7,10-11H2,1-4H3,(H,21,22,27)(H2,23,24,26,28)/t12-/m1/s1. The summed E-state index contributed by atoms with van der Waals surface area (Å²) in [5.74, 6) is -0.807. The monoisotopic (exact) mass is 402 g/mol. The number of H-pyrrole nitrogens is 1. The quantitative estimate of drug-likeness (QED) is 0.632. The number of fused-ring (bicyclic) bond motifs is 1. The number of nitrogens with zero attached hydrogens (tertiary/aromatic N) is 1. The fourth-order valence-corrected chi connectivity index (χ4v) is 2.55. The van der Waals surface area contributed by atoms with Crippen LogP contribution in [0.25, 0.3) is 10.9 Å². The van der Waals surface area contributed by atoms with Crippen LogP contribution in [0.2, 0.25) is 0 Å². The lowest BCUT2D eigenvalue weighted by molar-refractivity contribution is -0.154. The van der Waals surface area contributed by atoms with E-state index in [0.717, 1.165) is 0 Å². The molecule has 0 saturated heterocycles. The van der Waals surface area contributed by atoms with Crippen molar-refractivity contribution in [2.45, 2.75) is 58.6 Å². The average Bonchev–Trinajstić information content (AvgIpc) is 2.60. The highest BCUT2D eigenvalue weighted by Gasteiger charge is 2.22. The Kier molecular flexibility index (Phi) is 7.08.